The number of likely N-dealkylation sites (tertiary alicyclic amines) is 2. The van der Waals surface area contributed by atoms with Crippen LogP contribution in [0.5, 0.6) is 0 Å². The molecule has 8 N–H and O–H groups in total. The Bertz CT molecular complexity index is 2210. The molecule has 0 radical (unpaired) electrons. The third kappa shape index (κ3) is 16.1. The minimum Gasteiger partial charge on any atom is -0.351 e. The molecule has 2 fully saturated rings. The molecule has 2 heterocycles. The van der Waals surface area contributed by atoms with Gasteiger partial charge in [-0.3, -0.25) is 38.4 Å². The van der Waals surface area contributed by atoms with Crippen LogP contribution in [0.4, 0.5) is 0 Å². The summed E-state index contributed by atoms with van der Waals surface area (Å²) in [5.41, 5.74) is 3.07. The monoisotopic (exact) mass is 1100 g/mol. The van der Waals surface area contributed by atoms with E-state index in [-0.39, 0.29) is 111 Å². The van der Waals surface area contributed by atoms with E-state index in [4.69, 9.17) is 0 Å². The minimum absolute atomic E-state index is 0. The molecule has 10 atom stereocenters. The molecular formula is C56H86Cl2N10O8. The van der Waals surface area contributed by atoms with Crippen LogP contribution < -0.4 is 42.5 Å². The standard InChI is InChI=1S/C56H84N10O8.2ClH/c1-33(57-9)49(69)63-47(55(3,4)5)53(73)65-31-37(29-43(65)51(71)61-41-25-17-21-35-19-11-13-23-39(35)41)59-45(67)27-15-16-28-46(68)60-38-30-44(52(72)62-42-26-18-22-36-20-12-14-24-40(36)42)66(32-38)54(74)48(56(6,7)8)64-50(70)34(2)58-10;;/h11-14,19-20,23-24,33-34,37-38,41-44,47-48,57-58H,15-18,21-22,25-32H2,1-10H3,(H,59,67)(H,60,68)(H,61,71)(H,62,72)(H,63,69)(H,64,70);2*1H/t33-,34-,37-,38-,41+,42+,43-,44-,47+,48+;;/m0../s1. The lowest BCUT2D eigenvalue weighted by Crippen LogP contribution is -2.59. The number of hydrogen-bond acceptors (Lipinski definition) is 10. The zero-order chi connectivity index (χ0) is 54.1. The van der Waals surface area contributed by atoms with E-state index in [1.165, 1.54) is 20.9 Å². The highest BCUT2D eigenvalue weighted by atomic mass is 35.5. The van der Waals surface area contributed by atoms with Gasteiger partial charge in [-0.25, -0.2) is 0 Å². The first kappa shape index (κ1) is 63.2. The quantitative estimate of drug-likeness (QED) is 0.0933. The van der Waals surface area contributed by atoms with Gasteiger partial charge in [0.1, 0.15) is 24.2 Å². The Balaban J connectivity index is 0.00000624. The van der Waals surface area contributed by atoms with Gasteiger partial charge in [-0.05, 0) is 125 Å². The second-order valence-corrected chi connectivity index (χ2v) is 23.2. The predicted molar refractivity (Wildman–Crippen MR) is 297 cm³/mol. The predicted octanol–water partition coefficient (Wildman–Crippen LogP) is 4.23. The van der Waals surface area contributed by atoms with Crippen LogP contribution in [0, 0.1) is 10.8 Å². The van der Waals surface area contributed by atoms with Gasteiger partial charge in [0, 0.05) is 38.0 Å². The summed E-state index contributed by atoms with van der Waals surface area (Å²) < 4.78 is 0. The number of halogens is 2. The summed E-state index contributed by atoms with van der Waals surface area (Å²) in [7, 11) is 3.32. The Kier molecular flexibility index (Phi) is 23.2. The summed E-state index contributed by atoms with van der Waals surface area (Å²) >= 11 is 0. The largest absolute Gasteiger partial charge is 0.351 e. The van der Waals surface area contributed by atoms with Crippen LogP contribution in [0.25, 0.3) is 0 Å². The van der Waals surface area contributed by atoms with E-state index in [0.717, 1.165) is 49.7 Å². The highest BCUT2D eigenvalue weighted by Gasteiger charge is 2.48. The van der Waals surface area contributed by atoms with Crippen molar-refractivity contribution in [2.75, 3.05) is 27.2 Å². The molecular weight excluding hydrogens is 1010 g/mol. The van der Waals surface area contributed by atoms with E-state index in [0.29, 0.717) is 12.8 Å². The third-order valence-electron chi connectivity index (χ3n) is 15.4. The van der Waals surface area contributed by atoms with Gasteiger partial charge in [-0.1, -0.05) is 90.1 Å². The van der Waals surface area contributed by atoms with Crippen LogP contribution in [0.1, 0.15) is 154 Å². The number of nitrogens with one attached hydrogen (secondary N) is 8. The second-order valence-electron chi connectivity index (χ2n) is 23.2. The number of hydrogen-bond donors (Lipinski definition) is 8. The maximum Gasteiger partial charge on any atom is 0.246 e. The molecule has 20 heteroatoms. The first-order valence-corrected chi connectivity index (χ1v) is 26.9. The molecule has 422 valence electrons. The van der Waals surface area contributed by atoms with Crippen molar-refractivity contribution >= 4 is 72.1 Å². The average Bonchev–Trinajstić information content (AvgIpc) is 3.99. The third-order valence-corrected chi connectivity index (χ3v) is 15.4. The molecule has 2 aliphatic heterocycles. The lowest BCUT2D eigenvalue weighted by Gasteiger charge is -2.36. The van der Waals surface area contributed by atoms with Crippen molar-refractivity contribution in [3.05, 3.63) is 70.8 Å². The topological polar surface area (TPSA) is 239 Å². The smallest absolute Gasteiger partial charge is 0.246 e. The van der Waals surface area contributed by atoms with E-state index in [1.807, 2.05) is 77.9 Å². The Morgan fingerprint density at radius 2 is 0.908 bits per heavy atom. The Hall–Kier alpha value is -5.30. The van der Waals surface area contributed by atoms with Crippen molar-refractivity contribution in [3.8, 4) is 0 Å². The van der Waals surface area contributed by atoms with Gasteiger partial charge < -0.3 is 52.3 Å². The minimum atomic E-state index is -0.951. The number of amides is 8. The molecule has 76 heavy (non-hydrogen) atoms. The van der Waals surface area contributed by atoms with Crippen LogP contribution in [-0.2, 0) is 51.2 Å². The van der Waals surface area contributed by atoms with Crippen LogP contribution >= 0.6 is 24.8 Å². The molecule has 2 aromatic rings. The summed E-state index contributed by atoms with van der Waals surface area (Å²) in [5, 5.41) is 24.2. The summed E-state index contributed by atoms with van der Waals surface area (Å²) in [6.45, 7) is 14.7. The number of carbonyl (C=O) groups excluding carboxylic acids is 8. The zero-order valence-electron chi connectivity index (χ0n) is 46.3. The summed E-state index contributed by atoms with van der Waals surface area (Å²) in [6, 6.07) is 9.73. The SMILES string of the molecule is CN[C@@H](C)C(=O)N[C@H](C(=O)N1C[C@@H](NC(=O)CCCCC(=O)N[C@H]2C[C@@H](C(=O)N[C@@H]3CCCc4ccccc43)N(C(=O)[C@@H](NC(=O)[C@H](C)NC)C(C)(C)C)C2)C[C@H]1C(=O)N[C@@H]1CCCc2ccccc21)C(C)(C)C.Cl.Cl. The second kappa shape index (κ2) is 27.8. The van der Waals surface area contributed by atoms with Crippen molar-refractivity contribution in [1.29, 1.82) is 0 Å². The highest BCUT2D eigenvalue weighted by Crippen LogP contribution is 2.34. The lowest BCUT2D eigenvalue weighted by molar-refractivity contribution is -0.144. The maximum absolute atomic E-state index is 14.5. The number of unbranched alkanes of at least 4 members (excludes halogenated alkanes) is 1. The number of rotatable bonds is 19. The molecule has 0 bridgehead atoms. The van der Waals surface area contributed by atoms with Gasteiger partial charge in [-0.2, -0.15) is 0 Å². The Labute approximate surface area is 462 Å². The molecule has 0 unspecified atom stereocenters. The number of nitrogens with zero attached hydrogens (tertiary/aromatic N) is 2. The van der Waals surface area contributed by atoms with Gasteiger partial charge in [0.25, 0.3) is 0 Å². The number of fused-ring (bicyclic) bond motifs is 2. The fourth-order valence-corrected chi connectivity index (χ4v) is 10.8. The molecule has 2 aromatic carbocycles. The molecule has 18 nitrogen and oxygen atoms in total. The van der Waals surface area contributed by atoms with E-state index >= 15 is 0 Å². The van der Waals surface area contributed by atoms with Gasteiger partial charge in [-0.15, -0.1) is 24.8 Å². The van der Waals surface area contributed by atoms with E-state index in [2.05, 4.69) is 54.7 Å². The lowest BCUT2D eigenvalue weighted by atomic mass is 9.85. The van der Waals surface area contributed by atoms with Gasteiger partial charge >= 0.3 is 0 Å². The van der Waals surface area contributed by atoms with Crippen molar-refractivity contribution < 1.29 is 38.4 Å². The van der Waals surface area contributed by atoms with Gasteiger partial charge in [0.15, 0.2) is 0 Å². The van der Waals surface area contributed by atoms with Crippen molar-refractivity contribution in [1.82, 2.24) is 52.3 Å². The van der Waals surface area contributed by atoms with Crippen LogP contribution in [0.15, 0.2) is 48.5 Å². The molecule has 6 rings (SSSR count). The number of benzene rings is 2. The van der Waals surface area contributed by atoms with E-state index in [9.17, 15) is 38.4 Å². The summed E-state index contributed by atoms with van der Waals surface area (Å²) in [6.07, 6.45) is 6.49. The molecule has 0 saturated carbocycles. The van der Waals surface area contributed by atoms with E-state index in [1.54, 1.807) is 27.9 Å². The molecule has 4 aliphatic rings. The summed E-state index contributed by atoms with van der Waals surface area (Å²) in [5.74, 6) is -2.70. The maximum atomic E-state index is 14.5. The van der Waals surface area contributed by atoms with E-state index < -0.39 is 71.0 Å². The Morgan fingerprint density at radius 1 is 0.553 bits per heavy atom. The van der Waals surface area contributed by atoms with Crippen molar-refractivity contribution in [2.24, 2.45) is 10.8 Å². The fourth-order valence-electron chi connectivity index (χ4n) is 10.8. The molecule has 2 saturated heterocycles. The number of carbonyl (C=O) groups is 8. The highest BCUT2D eigenvalue weighted by molar-refractivity contribution is 5.95. The molecule has 0 spiro atoms. The Morgan fingerprint density at radius 3 is 1.25 bits per heavy atom. The van der Waals surface area contributed by atoms with Gasteiger partial charge in [0.05, 0.1) is 24.2 Å². The van der Waals surface area contributed by atoms with Crippen LogP contribution in [0.2, 0.25) is 0 Å². The average molecular weight is 1100 g/mol. The number of aryl methyl sites for hydroxylation is 2. The van der Waals surface area contributed by atoms with Gasteiger partial charge in [0.2, 0.25) is 47.3 Å². The van der Waals surface area contributed by atoms with Crippen molar-refractivity contribution in [3.63, 3.8) is 0 Å². The molecule has 8 amide bonds. The molecule has 2 aliphatic carbocycles. The first-order valence-electron chi connectivity index (χ1n) is 26.9. The normalized spacial score (nSPS) is 22.6. The van der Waals surface area contributed by atoms with Crippen LogP contribution in [-0.4, -0.2) is 133 Å². The van der Waals surface area contributed by atoms with Crippen molar-refractivity contribution in [2.45, 2.75) is 193 Å². The molecule has 0 aromatic heterocycles. The zero-order valence-corrected chi connectivity index (χ0v) is 47.9. The number of likely N-dealkylation sites (N-methyl/N-ethyl adjacent to an activating group) is 2. The van der Waals surface area contributed by atoms with Crippen LogP contribution in [0.3, 0.4) is 0 Å². The first-order chi connectivity index (χ1) is 35.0. The fraction of sp³-hybridized carbons (Fsp3) is 0.643. The summed E-state index contributed by atoms with van der Waals surface area (Å²) in [4.78, 5) is 114.